The molecule has 1 heterocycles. The first-order valence-electron chi connectivity index (χ1n) is 10.5. The normalized spacial score (nSPS) is 14.5. The number of anilines is 1. The number of imide groups is 1. The molecule has 0 bridgehead atoms. The van der Waals surface area contributed by atoms with Crippen LogP contribution in [0, 0.1) is 0 Å². The molecular formula is C25H21Cl2N3O5. The molecule has 2 N–H and O–H groups in total. The van der Waals surface area contributed by atoms with Crippen molar-refractivity contribution in [1.29, 1.82) is 0 Å². The largest absolute Gasteiger partial charge is 0.497 e. The zero-order valence-corrected chi connectivity index (χ0v) is 20.3. The van der Waals surface area contributed by atoms with Gasteiger partial charge in [0.15, 0.2) is 5.54 Å². The second-order valence-corrected chi connectivity index (χ2v) is 8.46. The molecule has 1 aliphatic rings. The summed E-state index contributed by atoms with van der Waals surface area (Å²) >= 11 is 12.1. The summed E-state index contributed by atoms with van der Waals surface area (Å²) in [4.78, 5) is 40.4. The first-order valence-corrected chi connectivity index (χ1v) is 11.2. The average Bonchev–Trinajstić information content (AvgIpc) is 3.12. The van der Waals surface area contributed by atoms with Gasteiger partial charge in [0, 0.05) is 0 Å². The van der Waals surface area contributed by atoms with Gasteiger partial charge in [-0.05, 0) is 47.5 Å². The van der Waals surface area contributed by atoms with Crippen LogP contribution in [0.25, 0.3) is 0 Å². The molecule has 0 aromatic heterocycles. The van der Waals surface area contributed by atoms with Crippen LogP contribution in [-0.2, 0) is 15.1 Å². The van der Waals surface area contributed by atoms with Gasteiger partial charge in [0.05, 0.1) is 30.0 Å². The molecule has 180 valence electrons. The zero-order chi connectivity index (χ0) is 25.2. The second kappa shape index (κ2) is 9.85. The number of hydrogen-bond donors (Lipinski definition) is 2. The molecule has 4 rings (SSSR count). The van der Waals surface area contributed by atoms with Gasteiger partial charge in [0.2, 0.25) is 5.91 Å². The monoisotopic (exact) mass is 513 g/mol. The zero-order valence-electron chi connectivity index (χ0n) is 18.8. The molecule has 3 aromatic carbocycles. The number of carbonyl (C=O) groups excluding carboxylic acids is 3. The minimum Gasteiger partial charge on any atom is -0.497 e. The summed E-state index contributed by atoms with van der Waals surface area (Å²) in [6.45, 7) is -0.526. The molecule has 35 heavy (non-hydrogen) atoms. The Morgan fingerprint density at radius 3 is 1.97 bits per heavy atom. The van der Waals surface area contributed by atoms with Gasteiger partial charge in [0.25, 0.3) is 5.91 Å². The summed E-state index contributed by atoms with van der Waals surface area (Å²) in [5, 5.41) is 5.81. The Morgan fingerprint density at radius 1 is 0.914 bits per heavy atom. The molecule has 0 unspecified atom stereocenters. The highest BCUT2D eigenvalue weighted by Crippen LogP contribution is 2.37. The lowest BCUT2D eigenvalue weighted by Gasteiger charge is -2.28. The van der Waals surface area contributed by atoms with E-state index in [0.717, 1.165) is 4.90 Å². The van der Waals surface area contributed by atoms with Crippen molar-refractivity contribution < 1.29 is 23.9 Å². The summed E-state index contributed by atoms with van der Waals surface area (Å²) in [7, 11) is 3.06. The molecule has 4 amide bonds. The quantitative estimate of drug-likeness (QED) is 0.455. The Kier molecular flexibility index (Phi) is 6.86. The summed E-state index contributed by atoms with van der Waals surface area (Å²) in [5.41, 5.74) is -0.276. The van der Waals surface area contributed by atoms with E-state index >= 15 is 0 Å². The fraction of sp³-hybridized carbons (Fsp3) is 0.160. The number of urea groups is 1. The van der Waals surface area contributed by atoms with E-state index in [2.05, 4.69) is 10.6 Å². The molecular weight excluding hydrogens is 493 g/mol. The molecule has 1 fully saturated rings. The van der Waals surface area contributed by atoms with Crippen molar-refractivity contribution in [3.63, 3.8) is 0 Å². The minimum atomic E-state index is -1.55. The number of hydrogen-bond acceptors (Lipinski definition) is 5. The lowest BCUT2D eigenvalue weighted by molar-refractivity contribution is -0.133. The topological polar surface area (TPSA) is 97.0 Å². The Hall–Kier alpha value is -3.75. The molecule has 10 heteroatoms. The van der Waals surface area contributed by atoms with Crippen LogP contribution in [0.2, 0.25) is 10.0 Å². The molecule has 8 nitrogen and oxygen atoms in total. The molecule has 0 atom stereocenters. The first kappa shape index (κ1) is 24.4. The molecule has 0 radical (unpaired) electrons. The van der Waals surface area contributed by atoms with Crippen LogP contribution in [0.4, 0.5) is 10.5 Å². The fourth-order valence-corrected chi connectivity index (χ4v) is 4.24. The first-order chi connectivity index (χ1) is 16.8. The van der Waals surface area contributed by atoms with Gasteiger partial charge >= 0.3 is 6.03 Å². The third-order valence-electron chi connectivity index (χ3n) is 5.68. The average molecular weight is 514 g/mol. The molecule has 3 aromatic rings. The number of benzene rings is 3. The van der Waals surface area contributed by atoms with Crippen LogP contribution in [-0.4, -0.2) is 43.5 Å². The van der Waals surface area contributed by atoms with Crippen molar-refractivity contribution in [2.75, 3.05) is 26.1 Å². The van der Waals surface area contributed by atoms with E-state index in [1.807, 2.05) is 0 Å². The highest BCUT2D eigenvalue weighted by Gasteiger charge is 2.54. The minimum absolute atomic E-state index is 0.158. The number of halogens is 2. The summed E-state index contributed by atoms with van der Waals surface area (Å²) in [6.07, 6.45) is 0. The van der Waals surface area contributed by atoms with Crippen LogP contribution < -0.4 is 20.1 Å². The van der Waals surface area contributed by atoms with Crippen molar-refractivity contribution >= 4 is 46.7 Å². The van der Waals surface area contributed by atoms with Crippen LogP contribution in [0.1, 0.15) is 11.1 Å². The molecule has 0 saturated carbocycles. The maximum absolute atomic E-state index is 13.8. The standard InChI is InChI=1S/C25H21Cl2N3O5/c1-34-17-10-6-15(7-11-17)25(16-8-12-18(35-2)13-9-16)23(32)30(24(33)29-25)14-21(31)28-20-5-3-4-19(26)22(20)27/h3-13H,14H2,1-2H3,(H,28,31)(H,29,33). The third-order valence-corrected chi connectivity index (χ3v) is 6.50. The number of amides is 4. The lowest BCUT2D eigenvalue weighted by Crippen LogP contribution is -2.45. The highest BCUT2D eigenvalue weighted by atomic mass is 35.5. The van der Waals surface area contributed by atoms with E-state index < -0.39 is 29.9 Å². The van der Waals surface area contributed by atoms with E-state index in [4.69, 9.17) is 32.7 Å². The molecule has 0 spiro atoms. The molecule has 0 aliphatic carbocycles. The molecule has 1 aliphatic heterocycles. The maximum Gasteiger partial charge on any atom is 0.326 e. The molecule has 1 saturated heterocycles. The Balaban J connectivity index is 1.68. The van der Waals surface area contributed by atoms with Crippen LogP contribution in [0.3, 0.4) is 0 Å². The van der Waals surface area contributed by atoms with Crippen molar-refractivity contribution in [3.8, 4) is 11.5 Å². The second-order valence-electron chi connectivity index (χ2n) is 7.68. The van der Waals surface area contributed by atoms with Gasteiger partial charge < -0.3 is 20.1 Å². The Morgan fingerprint density at radius 2 is 1.46 bits per heavy atom. The Bertz CT molecular complexity index is 1230. The van der Waals surface area contributed by atoms with Crippen molar-refractivity contribution in [3.05, 3.63) is 87.9 Å². The van der Waals surface area contributed by atoms with Crippen molar-refractivity contribution in [1.82, 2.24) is 10.2 Å². The van der Waals surface area contributed by atoms with Crippen molar-refractivity contribution in [2.45, 2.75) is 5.54 Å². The fourth-order valence-electron chi connectivity index (χ4n) is 3.89. The smallest absolute Gasteiger partial charge is 0.326 e. The van der Waals surface area contributed by atoms with Crippen LogP contribution >= 0.6 is 23.2 Å². The summed E-state index contributed by atoms with van der Waals surface area (Å²) < 4.78 is 10.4. The van der Waals surface area contributed by atoms with Gasteiger partial charge in [-0.3, -0.25) is 14.5 Å². The van der Waals surface area contributed by atoms with Gasteiger partial charge in [-0.1, -0.05) is 53.5 Å². The lowest BCUT2D eigenvalue weighted by atomic mass is 9.82. The van der Waals surface area contributed by atoms with Gasteiger partial charge in [-0.2, -0.15) is 0 Å². The predicted molar refractivity (Wildman–Crippen MR) is 132 cm³/mol. The van der Waals surface area contributed by atoms with E-state index in [0.29, 0.717) is 22.6 Å². The van der Waals surface area contributed by atoms with Gasteiger partial charge in [-0.15, -0.1) is 0 Å². The SMILES string of the molecule is COc1ccc(C2(c3ccc(OC)cc3)NC(=O)N(CC(=O)Nc3cccc(Cl)c3Cl)C2=O)cc1. The maximum atomic E-state index is 13.8. The number of methoxy groups -OCH3 is 2. The van der Waals surface area contributed by atoms with E-state index in [9.17, 15) is 14.4 Å². The number of carbonyl (C=O) groups is 3. The van der Waals surface area contributed by atoms with E-state index in [1.165, 1.54) is 14.2 Å². The third kappa shape index (κ3) is 4.50. The highest BCUT2D eigenvalue weighted by molar-refractivity contribution is 6.44. The number of rotatable bonds is 7. The van der Waals surface area contributed by atoms with Gasteiger partial charge in [0.1, 0.15) is 18.0 Å². The number of nitrogens with one attached hydrogen (secondary N) is 2. The van der Waals surface area contributed by atoms with Crippen molar-refractivity contribution in [2.24, 2.45) is 0 Å². The van der Waals surface area contributed by atoms with E-state index in [1.54, 1.807) is 66.7 Å². The number of ether oxygens (including phenoxy) is 2. The Labute approximate surface area is 211 Å². The summed E-state index contributed by atoms with van der Waals surface area (Å²) in [5.74, 6) is -0.0434. The predicted octanol–water partition coefficient (Wildman–Crippen LogP) is 4.44. The van der Waals surface area contributed by atoms with Crippen LogP contribution in [0.15, 0.2) is 66.7 Å². The number of nitrogens with zero attached hydrogens (tertiary/aromatic N) is 1. The van der Waals surface area contributed by atoms with Gasteiger partial charge in [-0.25, -0.2) is 4.79 Å². The van der Waals surface area contributed by atoms with Crippen LogP contribution in [0.5, 0.6) is 11.5 Å². The summed E-state index contributed by atoms with van der Waals surface area (Å²) in [6, 6.07) is 17.6. The van der Waals surface area contributed by atoms with E-state index in [-0.39, 0.29) is 15.7 Å².